The summed E-state index contributed by atoms with van der Waals surface area (Å²) >= 11 is 2.37. The molecule has 0 bridgehead atoms. The Morgan fingerprint density at radius 1 is 1.23 bits per heavy atom. The predicted molar refractivity (Wildman–Crippen MR) is 119 cm³/mol. The van der Waals surface area contributed by atoms with Gasteiger partial charge in [0.15, 0.2) is 5.16 Å². The van der Waals surface area contributed by atoms with Crippen LogP contribution in [0.5, 0.6) is 0 Å². The van der Waals surface area contributed by atoms with E-state index < -0.39 is 11.9 Å². The van der Waals surface area contributed by atoms with E-state index in [1.165, 1.54) is 11.3 Å². The van der Waals surface area contributed by atoms with Crippen molar-refractivity contribution in [2.75, 3.05) is 11.6 Å². The summed E-state index contributed by atoms with van der Waals surface area (Å²) in [5.41, 5.74) is 1.32. The van der Waals surface area contributed by atoms with E-state index in [1.54, 1.807) is 0 Å². The van der Waals surface area contributed by atoms with Crippen LogP contribution in [-0.4, -0.2) is 33.4 Å². The maximum Gasteiger partial charge on any atom is 0.321 e. The molecule has 0 aliphatic heterocycles. The molecule has 30 heavy (non-hydrogen) atoms. The summed E-state index contributed by atoms with van der Waals surface area (Å²) in [4.78, 5) is 41.9. The summed E-state index contributed by atoms with van der Waals surface area (Å²) in [6.07, 6.45) is 4.05. The number of nitrogen functional groups attached to an aromatic ring is 1. The maximum atomic E-state index is 12.8. The quantitative estimate of drug-likeness (QED) is 0.317. The van der Waals surface area contributed by atoms with Crippen LogP contribution in [0.25, 0.3) is 21.3 Å². The van der Waals surface area contributed by atoms with E-state index in [0.717, 1.165) is 53.2 Å². The Morgan fingerprint density at radius 2 is 1.97 bits per heavy atom. The van der Waals surface area contributed by atoms with Crippen LogP contribution in [0.2, 0.25) is 0 Å². The van der Waals surface area contributed by atoms with Crippen molar-refractivity contribution >= 4 is 45.3 Å². The van der Waals surface area contributed by atoms with Gasteiger partial charge in [-0.15, -0.1) is 11.3 Å². The second-order valence-electron chi connectivity index (χ2n) is 7.06. The summed E-state index contributed by atoms with van der Waals surface area (Å²) in [6, 6.07) is 9.19. The van der Waals surface area contributed by atoms with Crippen molar-refractivity contribution in [2.24, 2.45) is 0 Å². The van der Waals surface area contributed by atoms with Crippen LogP contribution in [-0.2, 0) is 4.79 Å². The highest BCUT2D eigenvalue weighted by Crippen LogP contribution is 2.31. The minimum Gasteiger partial charge on any atom is -0.335 e. The fraction of sp³-hybridized carbons (Fsp3) is 0.300. The van der Waals surface area contributed by atoms with Gasteiger partial charge in [0.2, 0.25) is 5.91 Å². The molecule has 1 aromatic carbocycles. The Balaban J connectivity index is 1.46. The number of hydrogen-bond donors (Lipinski definition) is 3. The number of aromatic nitrogens is 2. The number of carbonyl (C=O) groups excluding carboxylic acids is 2. The lowest BCUT2D eigenvalue weighted by Gasteiger charge is -2.12. The van der Waals surface area contributed by atoms with Crippen LogP contribution in [0, 0.1) is 0 Å². The van der Waals surface area contributed by atoms with Gasteiger partial charge in [0.05, 0.1) is 11.1 Å². The van der Waals surface area contributed by atoms with Gasteiger partial charge in [-0.2, -0.15) is 0 Å². The first-order valence-corrected chi connectivity index (χ1v) is 11.5. The highest BCUT2D eigenvalue weighted by atomic mass is 32.2. The van der Waals surface area contributed by atoms with Gasteiger partial charge in [-0.25, -0.2) is 14.5 Å². The molecule has 0 saturated heterocycles. The third-order valence-electron chi connectivity index (χ3n) is 4.97. The van der Waals surface area contributed by atoms with E-state index in [2.05, 4.69) is 15.6 Å². The number of thiophene rings is 1. The SMILES string of the molecule is Nn1c(SCC(=O)NC(=O)NC2CCCC2)nc2scc(-c3ccccc3)c2c1=O. The van der Waals surface area contributed by atoms with Gasteiger partial charge in [0, 0.05) is 17.0 Å². The van der Waals surface area contributed by atoms with Crippen molar-refractivity contribution < 1.29 is 9.59 Å². The Hall–Kier alpha value is -2.85. The van der Waals surface area contributed by atoms with Crippen LogP contribution >= 0.6 is 23.1 Å². The molecule has 1 aliphatic carbocycles. The Kier molecular flexibility index (Phi) is 6.05. The molecule has 4 rings (SSSR count). The summed E-state index contributed by atoms with van der Waals surface area (Å²) < 4.78 is 0.956. The Labute approximate surface area is 180 Å². The number of carbonyl (C=O) groups is 2. The molecular formula is C20H21N5O3S2. The number of thioether (sulfide) groups is 1. The van der Waals surface area contributed by atoms with Gasteiger partial charge < -0.3 is 11.2 Å². The first-order valence-electron chi connectivity index (χ1n) is 9.61. The fourth-order valence-corrected chi connectivity index (χ4v) is 5.21. The number of urea groups is 1. The van der Waals surface area contributed by atoms with Crippen LogP contribution < -0.4 is 22.0 Å². The van der Waals surface area contributed by atoms with E-state index >= 15 is 0 Å². The number of nitrogens with two attached hydrogens (primary N) is 1. The van der Waals surface area contributed by atoms with Crippen molar-refractivity contribution in [3.63, 3.8) is 0 Å². The molecule has 0 spiro atoms. The molecule has 3 amide bonds. The molecule has 1 aliphatic rings. The maximum absolute atomic E-state index is 12.8. The van der Waals surface area contributed by atoms with Gasteiger partial charge in [-0.1, -0.05) is 54.9 Å². The van der Waals surface area contributed by atoms with Crippen molar-refractivity contribution in [3.8, 4) is 11.1 Å². The molecule has 3 aromatic rings. The lowest BCUT2D eigenvalue weighted by molar-refractivity contribution is -0.117. The van der Waals surface area contributed by atoms with Gasteiger partial charge in [0.1, 0.15) is 4.83 Å². The minimum atomic E-state index is -0.494. The summed E-state index contributed by atoms with van der Waals surface area (Å²) in [6.45, 7) is 0. The topological polar surface area (TPSA) is 119 Å². The smallest absolute Gasteiger partial charge is 0.321 e. The van der Waals surface area contributed by atoms with Gasteiger partial charge in [0.25, 0.3) is 5.56 Å². The first-order chi connectivity index (χ1) is 14.5. The highest BCUT2D eigenvalue weighted by Gasteiger charge is 2.20. The van der Waals surface area contributed by atoms with E-state index in [4.69, 9.17) is 5.84 Å². The van der Waals surface area contributed by atoms with E-state index in [9.17, 15) is 14.4 Å². The minimum absolute atomic E-state index is 0.0792. The number of nitrogens with zero attached hydrogens (tertiary/aromatic N) is 2. The van der Waals surface area contributed by atoms with Gasteiger partial charge in [-0.3, -0.25) is 14.9 Å². The largest absolute Gasteiger partial charge is 0.335 e. The van der Waals surface area contributed by atoms with Gasteiger partial charge >= 0.3 is 6.03 Å². The van der Waals surface area contributed by atoms with Crippen LogP contribution in [0.4, 0.5) is 4.79 Å². The average Bonchev–Trinajstić information content (AvgIpc) is 3.40. The zero-order chi connectivity index (χ0) is 21.1. The molecule has 0 unspecified atom stereocenters. The summed E-state index contributed by atoms with van der Waals surface area (Å²) in [7, 11) is 0. The Bertz CT molecular complexity index is 1140. The van der Waals surface area contributed by atoms with Crippen LogP contribution in [0.3, 0.4) is 0 Å². The van der Waals surface area contributed by atoms with E-state index in [1.807, 2.05) is 35.7 Å². The second kappa shape index (κ2) is 8.88. The molecule has 2 heterocycles. The van der Waals surface area contributed by atoms with Crippen LogP contribution in [0.1, 0.15) is 25.7 Å². The highest BCUT2D eigenvalue weighted by molar-refractivity contribution is 7.99. The third kappa shape index (κ3) is 4.34. The van der Waals surface area contributed by atoms with E-state index in [0.29, 0.717) is 10.2 Å². The number of fused-ring (bicyclic) bond motifs is 1. The molecule has 156 valence electrons. The standard InChI is InChI=1S/C20H21N5O3S2/c21-25-18(27)16-14(12-6-2-1-3-7-12)10-29-17(16)24-20(25)30-11-15(26)23-19(28)22-13-8-4-5-9-13/h1-3,6-7,10,13H,4-5,8-9,11,21H2,(H2,22,23,26,28). The molecule has 0 atom stereocenters. The number of hydrogen-bond acceptors (Lipinski definition) is 7. The van der Waals surface area contributed by atoms with Crippen LogP contribution in [0.15, 0.2) is 45.7 Å². The second-order valence-corrected chi connectivity index (χ2v) is 8.86. The lowest BCUT2D eigenvalue weighted by Crippen LogP contribution is -2.44. The zero-order valence-corrected chi connectivity index (χ0v) is 17.7. The van der Waals surface area contributed by atoms with Crippen molar-refractivity contribution in [1.29, 1.82) is 0 Å². The molecule has 1 fully saturated rings. The number of rotatable bonds is 5. The molecule has 2 aromatic heterocycles. The lowest BCUT2D eigenvalue weighted by atomic mass is 10.1. The van der Waals surface area contributed by atoms with Gasteiger partial charge in [-0.05, 0) is 18.4 Å². The molecule has 1 saturated carbocycles. The third-order valence-corrected chi connectivity index (χ3v) is 6.79. The fourth-order valence-electron chi connectivity index (χ4n) is 3.50. The normalized spacial score (nSPS) is 14.1. The molecule has 8 nitrogen and oxygen atoms in total. The number of nitrogens with one attached hydrogen (secondary N) is 2. The summed E-state index contributed by atoms with van der Waals surface area (Å²) in [5, 5.41) is 7.66. The van der Waals surface area contributed by atoms with Crippen molar-refractivity contribution in [1.82, 2.24) is 20.3 Å². The van der Waals surface area contributed by atoms with E-state index in [-0.39, 0.29) is 22.5 Å². The summed E-state index contributed by atoms with van der Waals surface area (Å²) in [5.74, 6) is 5.42. The number of benzene rings is 1. The average molecular weight is 444 g/mol. The number of amides is 3. The predicted octanol–water partition coefficient (Wildman–Crippen LogP) is 2.70. The molecule has 0 radical (unpaired) electrons. The molecular weight excluding hydrogens is 422 g/mol. The molecule has 4 N–H and O–H groups in total. The molecule has 10 heteroatoms. The van der Waals surface area contributed by atoms with Crippen molar-refractivity contribution in [2.45, 2.75) is 36.9 Å². The number of imide groups is 1. The zero-order valence-electron chi connectivity index (χ0n) is 16.1. The Morgan fingerprint density at radius 3 is 2.70 bits per heavy atom. The van der Waals surface area contributed by atoms with Crippen molar-refractivity contribution in [3.05, 3.63) is 46.1 Å². The first kappa shape index (κ1) is 20.4. The monoisotopic (exact) mass is 443 g/mol.